The van der Waals surface area contributed by atoms with Crippen LogP contribution in [0.4, 0.5) is 11.4 Å². The van der Waals surface area contributed by atoms with E-state index >= 15 is 0 Å². The average molecular weight is 317 g/mol. The van der Waals surface area contributed by atoms with Gasteiger partial charge in [0.2, 0.25) is 0 Å². The molecule has 98 valence electrons. The van der Waals surface area contributed by atoms with E-state index in [0.29, 0.717) is 0 Å². The fourth-order valence-electron chi connectivity index (χ4n) is 2.77. The zero-order valence-electron chi connectivity index (χ0n) is 11.7. The van der Waals surface area contributed by atoms with Crippen molar-refractivity contribution in [2.75, 3.05) is 38.0 Å². The van der Waals surface area contributed by atoms with E-state index in [1.54, 1.807) is 0 Å². The molecule has 0 saturated carbocycles. The molecule has 3 heteroatoms. The van der Waals surface area contributed by atoms with Gasteiger partial charge in [0.1, 0.15) is 0 Å². The Morgan fingerprint density at radius 2 is 1.37 bits per heavy atom. The molecule has 2 nitrogen and oxygen atoms in total. The molecule has 0 fully saturated rings. The molecule has 0 saturated heterocycles. The molecule has 0 aromatic heterocycles. The molecule has 0 bridgehead atoms. The minimum atomic E-state index is 1.17. The van der Waals surface area contributed by atoms with Crippen molar-refractivity contribution >= 4 is 48.6 Å². The molecular formula is C16H17BrN2. The fourth-order valence-corrected chi connectivity index (χ4v) is 3.34. The second kappa shape index (κ2) is 4.27. The summed E-state index contributed by atoms with van der Waals surface area (Å²) >= 11 is 3.67. The normalized spacial score (nSPS) is 12.8. The summed E-state index contributed by atoms with van der Waals surface area (Å²) in [5.74, 6) is 0. The molecule has 0 N–H and O–H groups in total. The number of nitrogens with zero attached hydrogens (tertiary/aromatic N) is 2. The Bertz CT molecular complexity index is 685. The van der Waals surface area contributed by atoms with Crippen LogP contribution in [0.5, 0.6) is 0 Å². The highest BCUT2D eigenvalue weighted by atomic mass is 79.9. The van der Waals surface area contributed by atoms with Crippen LogP contribution in [0.2, 0.25) is 0 Å². The van der Waals surface area contributed by atoms with Crippen LogP contribution in [0.3, 0.4) is 0 Å². The van der Waals surface area contributed by atoms with Crippen molar-refractivity contribution in [3.05, 3.63) is 35.4 Å². The monoisotopic (exact) mass is 316 g/mol. The van der Waals surface area contributed by atoms with Crippen molar-refractivity contribution in [1.29, 1.82) is 0 Å². The van der Waals surface area contributed by atoms with E-state index < -0.39 is 0 Å². The summed E-state index contributed by atoms with van der Waals surface area (Å²) < 4.78 is 1.17. The van der Waals surface area contributed by atoms with Gasteiger partial charge in [-0.2, -0.15) is 0 Å². The highest BCUT2D eigenvalue weighted by Gasteiger charge is 2.20. The lowest BCUT2D eigenvalue weighted by molar-refractivity contribution is 1.12. The predicted molar refractivity (Wildman–Crippen MR) is 89.4 cm³/mol. The summed E-state index contributed by atoms with van der Waals surface area (Å²) in [4.78, 5) is 4.37. The zero-order chi connectivity index (χ0) is 13.7. The molecule has 0 heterocycles. The van der Waals surface area contributed by atoms with Gasteiger partial charge in [0.25, 0.3) is 0 Å². The predicted octanol–water partition coefficient (Wildman–Crippen LogP) is 4.18. The fraction of sp³-hybridized carbons (Fsp3) is 0.250. The lowest BCUT2D eigenvalue weighted by atomic mass is 10.00. The largest absolute Gasteiger partial charge is 0.377 e. The van der Waals surface area contributed by atoms with Crippen molar-refractivity contribution in [2.24, 2.45) is 0 Å². The number of hydrogen-bond donors (Lipinski definition) is 0. The summed E-state index contributed by atoms with van der Waals surface area (Å²) in [5, 5.41) is 2.68. The molecule has 19 heavy (non-hydrogen) atoms. The van der Waals surface area contributed by atoms with Crippen LogP contribution in [0.1, 0.15) is 11.1 Å². The van der Waals surface area contributed by atoms with E-state index in [0.717, 1.165) is 0 Å². The lowest BCUT2D eigenvalue weighted by Gasteiger charge is -2.22. The standard InChI is InChI=1S/C16H17BrN2/c1-18(2)13-7-5-10-9-12(17)11-6-8-14(19(3)4)16(13)15(10)11/h5-9H,1-4H3. The molecule has 0 spiro atoms. The summed E-state index contributed by atoms with van der Waals surface area (Å²) in [5.41, 5.74) is 5.12. The molecule has 2 aromatic rings. The van der Waals surface area contributed by atoms with Crippen molar-refractivity contribution in [2.45, 2.75) is 0 Å². The van der Waals surface area contributed by atoms with Gasteiger partial charge in [0.05, 0.1) is 0 Å². The van der Waals surface area contributed by atoms with Crippen molar-refractivity contribution in [3.8, 4) is 0 Å². The quantitative estimate of drug-likeness (QED) is 0.820. The third-order valence-electron chi connectivity index (χ3n) is 3.65. The molecule has 1 aliphatic carbocycles. The Balaban J connectivity index is 2.48. The van der Waals surface area contributed by atoms with E-state index in [1.165, 1.54) is 37.8 Å². The molecule has 1 aliphatic rings. The van der Waals surface area contributed by atoms with E-state index in [9.17, 15) is 0 Å². The van der Waals surface area contributed by atoms with Gasteiger partial charge in [-0.15, -0.1) is 0 Å². The first-order chi connectivity index (χ1) is 9.00. The molecule has 0 aliphatic heterocycles. The van der Waals surface area contributed by atoms with Crippen LogP contribution >= 0.6 is 15.9 Å². The lowest BCUT2D eigenvalue weighted by Crippen LogP contribution is -2.13. The Labute approximate surface area is 122 Å². The molecular weight excluding hydrogens is 300 g/mol. The van der Waals surface area contributed by atoms with Gasteiger partial charge in [-0.25, -0.2) is 0 Å². The maximum absolute atomic E-state index is 3.67. The van der Waals surface area contributed by atoms with E-state index in [1.807, 2.05) is 0 Å². The van der Waals surface area contributed by atoms with E-state index in [2.05, 4.69) is 84.3 Å². The number of halogens is 1. The molecule has 2 aromatic carbocycles. The van der Waals surface area contributed by atoms with Gasteiger partial charge in [0.15, 0.2) is 0 Å². The van der Waals surface area contributed by atoms with Gasteiger partial charge < -0.3 is 9.80 Å². The number of rotatable bonds is 2. The Hall–Kier alpha value is -1.48. The van der Waals surface area contributed by atoms with Gasteiger partial charge in [-0.1, -0.05) is 28.1 Å². The highest BCUT2D eigenvalue weighted by Crippen LogP contribution is 2.45. The average Bonchev–Trinajstić information content (AvgIpc) is 2.67. The summed E-state index contributed by atoms with van der Waals surface area (Å²) in [6.07, 6.45) is 2.20. The third-order valence-corrected chi connectivity index (χ3v) is 4.31. The minimum Gasteiger partial charge on any atom is -0.377 e. The second-order valence-electron chi connectivity index (χ2n) is 5.34. The maximum atomic E-state index is 3.67. The Morgan fingerprint density at radius 3 is 1.95 bits per heavy atom. The van der Waals surface area contributed by atoms with Gasteiger partial charge in [-0.05, 0) is 29.3 Å². The number of benzene rings is 2. The number of hydrogen-bond acceptors (Lipinski definition) is 2. The van der Waals surface area contributed by atoms with Crippen molar-refractivity contribution < 1.29 is 0 Å². The zero-order valence-corrected chi connectivity index (χ0v) is 13.2. The first-order valence-corrected chi connectivity index (χ1v) is 7.12. The SMILES string of the molecule is CN(C)c1ccc2c3c(ccc(N(C)C)c13)C(Br)=C2. The van der Waals surface area contributed by atoms with Crippen LogP contribution in [0.15, 0.2) is 24.3 Å². The summed E-state index contributed by atoms with van der Waals surface area (Å²) in [7, 11) is 8.39. The smallest absolute Gasteiger partial charge is 0.0462 e. The molecule has 0 unspecified atom stereocenters. The van der Waals surface area contributed by atoms with E-state index in [4.69, 9.17) is 0 Å². The van der Waals surface area contributed by atoms with Gasteiger partial charge in [-0.3, -0.25) is 0 Å². The van der Waals surface area contributed by atoms with Crippen LogP contribution in [0.25, 0.3) is 21.3 Å². The topological polar surface area (TPSA) is 6.48 Å². The molecule has 0 radical (unpaired) electrons. The molecule has 0 amide bonds. The van der Waals surface area contributed by atoms with Crippen LogP contribution < -0.4 is 9.80 Å². The third kappa shape index (κ3) is 1.76. The maximum Gasteiger partial charge on any atom is 0.0462 e. The summed E-state index contributed by atoms with van der Waals surface area (Å²) in [6.45, 7) is 0. The van der Waals surface area contributed by atoms with Crippen LogP contribution in [-0.4, -0.2) is 28.2 Å². The first kappa shape index (κ1) is 12.5. The van der Waals surface area contributed by atoms with E-state index in [-0.39, 0.29) is 0 Å². The Morgan fingerprint density at radius 1 is 0.789 bits per heavy atom. The van der Waals surface area contributed by atoms with Crippen LogP contribution in [-0.2, 0) is 0 Å². The second-order valence-corrected chi connectivity index (χ2v) is 6.19. The molecule has 3 rings (SSSR count). The van der Waals surface area contributed by atoms with Gasteiger partial charge in [0, 0.05) is 54.8 Å². The molecule has 0 atom stereocenters. The minimum absolute atomic E-state index is 1.17. The Kier molecular flexibility index (Phi) is 2.82. The first-order valence-electron chi connectivity index (χ1n) is 6.32. The highest BCUT2D eigenvalue weighted by molar-refractivity contribution is 9.15. The summed E-state index contributed by atoms with van der Waals surface area (Å²) in [6, 6.07) is 8.81. The van der Waals surface area contributed by atoms with Crippen molar-refractivity contribution in [3.63, 3.8) is 0 Å². The van der Waals surface area contributed by atoms with Crippen molar-refractivity contribution in [1.82, 2.24) is 0 Å². The number of anilines is 2. The van der Waals surface area contributed by atoms with Crippen LogP contribution in [0, 0.1) is 0 Å². The van der Waals surface area contributed by atoms with Gasteiger partial charge >= 0.3 is 0 Å².